The van der Waals surface area contributed by atoms with E-state index in [4.69, 9.17) is 27.9 Å². The first-order chi connectivity index (χ1) is 10.5. The minimum Gasteiger partial charge on any atom is -0.426 e. The van der Waals surface area contributed by atoms with Gasteiger partial charge in [-0.3, -0.25) is 14.9 Å². The number of rotatable bonds is 3. The number of ether oxygens (including phenoxy) is 1. The molecule has 7 heteroatoms. The lowest BCUT2D eigenvalue weighted by molar-refractivity contribution is -0.384. The zero-order chi connectivity index (χ0) is 16.1. The van der Waals surface area contributed by atoms with Gasteiger partial charge >= 0.3 is 5.97 Å². The van der Waals surface area contributed by atoms with E-state index in [1.807, 2.05) is 0 Å². The number of alkyl halides is 1. The van der Waals surface area contributed by atoms with Crippen molar-refractivity contribution in [3.8, 4) is 5.75 Å². The minimum atomic E-state index is -0.511. The zero-order valence-corrected chi connectivity index (χ0v) is 13.2. The summed E-state index contributed by atoms with van der Waals surface area (Å²) < 4.78 is 5.30. The Morgan fingerprint density at radius 2 is 1.91 bits per heavy atom. The van der Waals surface area contributed by atoms with Crippen LogP contribution < -0.4 is 4.74 Å². The fraction of sp³-hybridized carbons (Fsp3) is 0.400. The lowest BCUT2D eigenvalue weighted by atomic mass is 9.95. The van der Waals surface area contributed by atoms with Crippen LogP contribution in [0.15, 0.2) is 35.4 Å². The second-order valence-electron chi connectivity index (χ2n) is 5.09. The van der Waals surface area contributed by atoms with Gasteiger partial charge in [0.15, 0.2) is 0 Å². The molecule has 0 aromatic heterocycles. The molecule has 0 spiro atoms. The van der Waals surface area contributed by atoms with Gasteiger partial charge in [0.05, 0.1) is 16.2 Å². The van der Waals surface area contributed by atoms with Gasteiger partial charge in [0.1, 0.15) is 5.75 Å². The van der Waals surface area contributed by atoms with Gasteiger partial charge in [-0.05, 0) is 30.5 Å². The normalized spacial score (nSPS) is 23.8. The summed E-state index contributed by atoms with van der Waals surface area (Å²) in [4.78, 5) is 22.4. The summed E-state index contributed by atoms with van der Waals surface area (Å²) in [6.45, 7) is 0. The summed E-state index contributed by atoms with van der Waals surface area (Å²) in [5, 5.41) is 10.3. The molecule has 1 aromatic rings. The van der Waals surface area contributed by atoms with Crippen LogP contribution >= 0.6 is 23.2 Å². The second-order valence-corrected chi connectivity index (χ2v) is 5.83. The summed E-state index contributed by atoms with van der Waals surface area (Å²) in [5.41, 5.74) is 1.98. The van der Waals surface area contributed by atoms with Gasteiger partial charge in [-0.1, -0.05) is 24.4 Å². The molecule has 1 fully saturated rings. The van der Waals surface area contributed by atoms with E-state index in [2.05, 4.69) is 0 Å². The van der Waals surface area contributed by atoms with Crippen molar-refractivity contribution in [3.63, 3.8) is 0 Å². The fourth-order valence-corrected chi connectivity index (χ4v) is 3.18. The molecule has 1 saturated carbocycles. The third-order valence-corrected chi connectivity index (χ3v) is 4.36. The maximum atomic E-state index is 12.3. The van der Waals surface area contributed by atoms with Crippen LogP contribution in [-0.4, -0.2) is 16.3 Å². The van der Waals surface area contributed by atoms with Gasteiger partial charge in [-0.15, -0.1) is 11.6 Å². The first kappa shape index (κ1) is 16.8. The highest BCUT2D eigenvalue weighted by Gasteiger charge is 2.31. The van der Waals surface area contributed by atoms with Crippen molar-refractivity contribution in [2.75, 3.05) is 0 Å². The SMILES string of the molecule is O=C(Oc1ccc([N+](=O)[O-])cc1)[C@H]1CCCC[C@H](Cl)/C1=C/Cl. The smallest absolute Gasteiger partial charge is 0.318 e. The van der Waals surface area contributed by atoms with Gasteiger partial charge in [0, 0.05) is 17.7 Å². The average molecular weight is 344 g/mol. The first-order valence-electron chi connectivity index (χ1n) is 6.93. The summed E-state index contributed by atoms with van der Waals surface area (Å²) in [5.74, 6) is -0.647. The highest BCUT2D eigenvalue weighted by Crippen LogP contribution is 2.33. The van der Waals surface area contributed by atoms with Crippen molar-refractivity contribution in [2.45, 2.75) is 31.1 Å². The summed E-state index contributed by atoms with van der Waals surface area (Å²) in [7, 11) is 0. The van der Waals surface area contributed by atoms with Crippen LogP contribution in [0.1, 0.15) is 25.7 Å². The van der Waals surface area contributed by atoms with E-state index < -0.39 is 16.8 Å². The molecule has 0 radical (unpaired) electrons. The lowest BCUT2D eigenvalue weighted by Gasteiger charge is -2.18. The molecule has 0 saturated heterocycles. The van der Waals surface area contributed by atoms with Crippen LogP contribution in [0.2, 0.25) is 0 Å². The molecule has 22 heavy (non-hydrogen) atoms. The summed E-state index contributed by atoms with van der Waals surface area (Å²) in [6.07, 6.45) is 3.22. The molecule has 1 aromatic carbocycles. The molecule has 0 bridgehead atoms. The number of carbonyl (C=O) groups excluding carboxylic acids is 1. The Kier molecular flexibility index (Phi) is 5.80. The van der Waals surface area contributed by atoms with Crippen molar-refractivity contribution >= 4 is 34.9 Å². The molecular formula is C15H15Cl2NO4. The van der Waals surface area contributed by atoms with Crippen molar-refractivity contribution < 1.29 is 14.5 Å². The van der Waals surface area contributed by atoms with Crippen LogP contribution in [-0.2, 0) is 4.79 Å². The predicted molar refractivity (Wildman–Crippen MR) is 84.3 cm³/mol. The van der Waals surface area contributed by atoms with Gasteiger partial charge in [-0.25, -0.2) is 0 Å². The van der Waals surface area contributed by atoms with Gasteiger partial charge < -0.3 is 4.74 Å². The van der Waals surface area contributed by atoms with Crippen molar-refractivity contribution in [1.82, 2.24) is 0 Å². The number of nitro benzene ring substituents is 1. The van der Waals surface area contributed by atoms with Gasteiger partial charge in [0.2, 0.25) is 0 Å². The quantitative estimate of drug-likeness (QED) is 0.203. The standard InChI is InChI=1S/C15H15Cl2NO4/c16-9-13-12(3-1-2-4-14(13)17)15(19)22-11-7-5-10(6-8-11)18(20)21/h5-9,12,14H,1-4H2/b13-9+/t12-,14-/m0/s1. The largest absolute Gasteiger partial charge is 0.426 e. The Morgan fingerprint density at radius 1 is 1.27 bits per heavy atom. The van der Waals surface area contributed by atoms with Gasteiger partial charge in [0.25, 0.3) is 5.69 Å². The second kappa shape index (κ2) is 7.61. The topological polar surface area (TPSA) is 69.4 Å². The van der Waals surface area contributed by atoms with E-state index in [0.29, 0.717) is 12.0 Å². The Hall–Kier alpha value is -1.59. The van der Waals surface area contributed by atoms with Crippen LogP contribution in [0.4, 0.5) is 5.69 Å². The molecule has 1 aliphatic carbocycles. The Morgan fingerprint density at radius 3 is 2.50 bits per heavy atom. The molecule has 118 valence electrons. The molecule has 5 nitrogen and oxygen atoms in total. The zero-order valence-electron chi connectivity index (χ0n) is 11.7. The van der Waals surface area contributed by atoms with E-state index in [9.17, 15) is 14.9 Å². The molecule has 0 unspecified atom stereocenters. The molecule has 0 amide bonds. The first-order valence-corrected chi connectivity index (χ1v) is 7.80. The highest BCUT2D eigenvalue weighted by atomic mass is 35.5. The van der Waals surface area contributed by atoms with Crippen molar-refractivity contribution in [1.29, 1.82) is 0 Å². The maximum absolute atomic E-state index is 12.3. The number of nitro groups is 1. The van der Waals surface area contributed by atoms with Crippen LogP contribution in [0.5, 0.6) is 5.75 Å². The van der Waals surface area contributed by atoms with Gasteiger partial charge in [-0.2, -0.15) is 0 Å². The van der Waals surface area contributed by atoms with E-state index >= 15 is 0 Å². The van der Waals surface area contributed by atoms with Crippen LogP contribution in [0.25, 0.3) is 0 Å². The number of esters is 1. The number of carbonyl (C=O) groups is 1. The van der Waals surface area contributed by atoms with Crippen LogP contribution in [0, 0.1) is 16.0 Å². The molecule has 2 atom stereocenters. The summed E-state index contributed by atoms with van der Waals surface area (Å²) in [6, 6.07) is 5.38. The summed E-state index contributed by atoms with van der Waals surface area (Å²) >= 11 is 12.1. The molecule has 1 aliphatic rings. The van der Waals surface area contributed by atoms with E-state index in [-0.39, 0.29) is 16.8 Å². The van der Waals surface area contributed by atoms with E-state index in [0.717, 1.165) is 19.3 Å². The maximum Gasteiger partial charge on any atom is 0.318 e. The lowest BCUT2D eigenvalue weighted by Crippen LogP contribution is -2.24. The Bertz CT molecular complexity index is 586. The predicted octanol–water partition coefficient (Wildman–Crippen LogP) is 4.42. The molecule has 0 N–H and O–H groups in total. The van der Waals surface area contributed by atoms with Crippen LogP contribution in [0.3, 0.4) is 0 Å². The number of nitrogens with zero attached hydrogens (tertiary/aromatic N) is 1. The number of halogens is 2. The molecule has 0 aliphatic heterocycles. The van der Waals surface area contributed by atoms with Crippen molar-refractivity contribution in [2.24, 2.45) is 5.92 Å². The fourth-order valence-electron chi connectivity index (χ4n) is 2.45. The third-order valence-electron chi connectivity index (χ3n) is 3.64. The Balaban J connectivity index is 2.11. The number of hydrogen-bond acceptors (Lipinski definition) is 4. The average Bonchev–Trinajstić information content (AvgIpc) is 2.69. The number of hydrogen-bond donors (Lipinski definition) is 0. The Labute approximate surface area is 138 Å². The molecule has 0 heterocycles. The number of benzene rings is 1. The molecular weight excluding hydrogens is 329 g/mol. The number of non-ortho nitro benzene ring substituents is 1. The van der Waals surface area contributed by atoms with E-state index in [1.165, 1.54) is 29.8 Å². The molecule has 2 rings (SSSR count). The highest BCUT2D eigenvalue weighted by molar-refractivity contribution is 6.28. The van der Waals surface area contributed by atoms with Crippen molar-refractivity contribution in [3.05, 3.63) is 45.5 Å². The minimum absolute atomic E-state index is 0.0589. The third kappa shape index (κ3) is 3.99. The van der Waals surface area contributed by atoms with E-state index in [1.54, 1.807) is 0 Å². The monoisotopic (exact) mass is 343 g/mol.